The van der Waals surface area contributed by atoms with Crippen molar-refractivity contribution in [1.82, 2.24) is 4.98 Å². The van der Waals surface area contributed by atoms with E-state index in [1.54, 1.807) is 35.6 Å². The summed E-state index contributed by atoms with van der Waals surface area (Å²) in [4.78, 5) is 28.5. The molecule has 4 aromatic rings. The molecule has 0 radical (unpaired) electrons. The highest BCUT2D eigenvalue weighted by atomic mass is 32.1. The summed E-state index contributed by atoms with van der Waals surface area (Å²) in [5.74, 6) is -0.239. The van der Waals surface area contributed by atoms with Crippen LogP contribution in [0.3, 0.4) is 0 Å². The average molecular weight is 372 g/mol. The van der Waals surface area contributed by atoms with Crippen molar-refractivity contribution in [3.63, 3.8) is 0 Å². The zero-order chi connectivity index (χ0) is 18.8. The molecule has 5 heteroatoms. The van der Waals surface area contributed by atoms with Crippen LogP contribution in [0.5, 0.6) is 0 Å². The fraction of sp³-hybridized carbons (Fsp3) is 0.0455. The van der Waals surface area contributed by atoms with Gasteiger partial charge in [0.25, 0.3) is 5.91 Å². The number of nitrogens with one attached hydrogen (secondary N) is 1. The second-order valence-corrected chi connectivity index (χ2v) is 7.19. The number of amides is 1. The largest absolute Gasteiger partial charge is 0.322 e. The summed E-state index contributed by atoms with van der Waals surface area (Å²) in [7, 11) is 0. The number of anilines is 1. The molecule has 1 aromatic heterocycles. The second kappa shape index (κ2) is 7.13. The van der Waals surface area contributed by atoms with Crippen molar-refractivity contribution in [2.45, 2.75) is 6.92 Å². The van der Waals surface area contributed by atoms with Crippen LogP contribution in [0.25, 0.3) is 20.8 Å². The predicted octanol–water partition coefficient (Wildman–Crippen LogP) is 5.42. The maximum absolute atomic E-state index is 12.5. The molecular weight excluding hydrogens is 356 g/mol. The Bertz CT molecular complexity index is 1110. The number of thiazole rings is 1. The van der Waals surface area contributed by atoms with Crippen LogP contribution in [-0.2, 0) is 0 Å². The first kappa shape index (κ1) is 17.1. The van der Waals surface area contributed by atoms with Crippen LogP contribution in [0.15, 0.2) is 72.8 Å². The van der Waals surface area contributed by atoms with Crippen LogP contribution in [0.1, 0.15) is 27.6 Å². The highest BCUT2D eigenvalue weighted by Gasteiger charge is 2.10. The van der Waals surface area contributed by atoms with Gasteiger partial charge in [-0.25, -0.2) is 4.98 Å². The number of carbonyl (C=O) groups excluding carboxylic acids is 2. The van der Waals surface area contributed by atoms with E-state index in [1.807, 2.05) is 48.5 Å². The lowest BCUT2D eigenvalue weighted by Gasteiger charge is -2.07. The first-order chi connectivity index (χ1) is 13.1. The molecule has 0 aliphatic rings. The molecule has 4 nitrogen and oxygen atoms in total. The monoisotopic (exact) mass is 372 g/mol. The van der Waals surface area contributed by atoms with Crippen LogP contribution >= 0.6 is 11.3 Å². The van der Waals surface area contributed by atoms with E-state index >= 15 is 0 Å². The molecule has 132 valence electrons. The number of Topliss-reactive ketones (excluding diaryl/α,β-unsaturated/α-hetero) is 1. The van der Waals surface area contributed by atoms with Gasteiger partial charge in [-0.15, -0.1) is 11.3 Å². The first-order valence-corrected chi connectivity index (χ1v) is 9.30. The van der Waals surface area contributed by atoms with E-state index in [0.717, 1.165) is 20.8 Å². The van der Waals surface area contributed by atoms with Gasteiger partial charge < -0.3 is 5.32 Å². The van der Waals surface area contributed by atoms with Gasteiger partial charge in [0.2, 0.25) is 0 Å². The smallest absolute Gasteiger partial charge is 0.255 e. The highest BCUT2D eigenvalue weighted by Crippen LogP contribution is 2.31. The van der Waals surface area contributed by atoms with Gasteiger partial charge in [-0.3, -0.25) is 9.59 Å². The van der Waals surface area contributed by atoms with Gasteiger partial charge in [-0.2, -0.15) is 0 Å². The molecular formula is C22H16N2O2S. The molecule has 0 atom stereocenters. The van der Waals surface area contributed by atoms with Crippen LogP contribution in [0.2, 0.25) is 0 Å². The van der Waals surface area contributed by atoms with Crippen molar-refractivity contribution < 1.29 is 9.59 Å². The minimum Gasteiger partial charge on any atom is -0.322 e. The van der Waals surface area contributed by atoms with Gasteiger partial charge in [-0.05, 0) is 43.3 Å². The number of fused-ring (bicyclic) bond motifs is 1. The van der Waals surface area contributed by atoms with Crippen LogP contribution in [0.4, 0.5) is 5.69 Å². The summed E-state index contributed by atoms with van der Waals surface area (Å²) in [6.07, 6.45) is 0. The van der Waals surface area contributed by atoms with Crippen molar-refractivity contribution in [2.75, 3.05) is 5.32 Å². The fourth-order valence-electron chi connectivity index (χ4n) is 2.79. The topological polar surface area (TPSA) is 59.1 Å². The third kappa shape index (κ3) is 3.64. The van der Waals surface area contributed by atoms with Crippen LogP contribution < -0.4 is 5.32 Å². The van der Waals surface area contributed by atoms with Crippen LogP contribution in [-0.4, -0.2) is 16.7 Å². The van der Waals surface area contributed by atoms with Crippen LogP contribution in [0, 0.1) is 0 Å². The van der Waals surface area contributed by atoms with Gasteiger partial charge in [-0.1, -0.05) is 36.4 Å². The van der Waals surface area contributed by atoms with Gasteiger partial charge in [0.05, 0.1) is 10.2 Å². The lowest BCUT2D eigenvalue weighted by atomic mass is 10.1. The molecule has 3 aromatic carbocycles. The summed E-state index contributed by atoms with van der Waals surface area (Å²) < 4.78 is 1.13. The molecule has 0 saturated heterocycles. The molecule has 0 unspecified atom stereocenters. The molecule has 0 aliphatic carbocycles. The number of ketones is 1. The Hall–Kier alpha value is -3.31. The van der Waals surface area contributed by atoms with Crippen molar-refractivity contribution in [2.24, 2.45) is 0 Å². The van der Waals surface area contributed by atoms with E-state index in [2.05, 4.69) is 10.3 Å². The van der Waals surface area contributed by atoms with E-state index in [-0.39, 0.29) is 11.7 Å². The average Bonchev–Trinajstić information content (AvgIpc) is 3.12. The fourth-order valence-corrected chi connectivity index (χ4v) is 3.75. The van der Waals surface area contributed by atoms with E-state index in [0.29, 0.717) is 16.8 Å². The van der Waals surface area contributed by atoms with Gasteiger partial charge in [0, 0.05) is 22.4 Å². The Morgan fingerprint density at radius 2 is 1.63 bits per heavy atom. The van der Waals surface area contributed by atoms with Gasteiger partial charge in [0.15, 0.2) is 5.78 Å². The minimum atomic E-state index is -0.216. The summed E-state index contributed by atoms with van der Waals surface area (Å²) in [6.45, 7) is 1.50. The zero-order valence-corrected chi connectivity index (χ0v) is 15.4. The molecule has 27 heavy (non-hydrogen) atoms. The maximum atomic E-state index is 12.5. The molecule has 0 fully saturated rings. The third-order valence-corrected chi connectivity index (χ3v) is 5.30. The number of benzene rings is 3. The Morgan fingerprint density at radius 1 is 0.889 bits per heavy atom. The summed E-state index contributed by atoms with van der Waals surface area (Å²) >= 11 is 1.62. The second-order valence-electron chi connectivity index (χ2n) is 6.16. The predicted molar refractivity (Wildman–Crippen MR) is 109 cm³/mol. The number of nitrogens with zero attached hydrogens (tertiary/aromatic N) is 1. The molecule has 0 aliphatic heterocycles. The molecule has 0 bridgehead atoms. The normalized spacial score (nSPS) is 10.7. The third-order valence-electron chi connectivity index (χ3n) is 4.21. The summed E-state index contributed by atoms with van der Waals surface area (Å²) in [5, 5.41) is 3.82. The molecule has 4 rings (SSSR count). The molecule has 0 saturated carbocycles. The van der Waals surface area contributed by atoms with E-state index < -0.39 is 0 Å². The summed E-state index contributed by atoms with van der Waals surface area (Å²) in [5.41, 5.74) is 3.72. The van der Waals surface area contributed by atoms with Gasteiger partial charge >= 0.3 is 0 Å². The maximum Gasteiger partial charge on any atom is 0.255 e. The first-order valence-electron chi connectivity index (χ1n) is 8.48. The Labute approximate surface area is 160 Å². The lowest BCUT2D eigenvalue weighted by molar-refractivity contribution is 0.101. The number of hydrogen-bond acceptors (Lipinski definition) is 4. The van der Waals surface area contributed by atoms with Crippen molar-refractivity contribution >= 4 is 38.9 Å². The number of rotatable bonds is 4. The van der Waals surface area contributed by atoms with Gasteiger partial charge in [0.1, 0.15) is 5.01 Å². The number of aromatic nitrogens is 1. The number of hydrogen-bond donors (Lipinski definition) is 1. The SMILES string of the molecule is CC(=O)c1ccc(C(=O)Nc2cccc(-c3nc4ccccc4s3)c2)cc1. The number of para-hydroxylation sites is 1. The van der Waals surface area contributed by atoms with Crippen molar-refractivity contribution in [1.29, 1.82) is 0 Å². The molecule has 0 spiro atoms. The van der Waals surface area contributed by atoms with E-state index in [1.165, 1.54) is 6.92 Å². The van der Waals surface area contributed by atoms with Crippen molar-refractivity contribution in [3.8, 4) is 10.6 Å². The lowest BCUT2D eigenvalue weighted by Crippen LogP contribution is -2.12. The van der Waals surface area contributed by atoms with E-state index in [4.69, 9.17) is 0 Å². The Kier molecular flexibility index (Phi) is 4.52. The molecule has 1 N–H and O–H groups in total. The number of carbonyl (C=O) groups is 2. The standard InChI is InChI=1S/C22H16N2O2S/c1-14(25)15-9-11-16(12-10-15)21(26)23-18-6-4-5-17(13-18)22-24-19-7-2-3-8-20(19)27-22/h2-13H,1H3,(H,23,26). The Morgan fingerprint density at radius 3 is 2.37 bits per heavy atom. The highest BCUT2D eigenvalue weighted by molar-refractivity contribution is 7.21. The Balaban J connectivity index is 1.57. The molecule has 1 heterocycles. The quantitative estimate of drug-likeness (QED) is 0.487. The van der Waals surface area contributed by atoms with E-state index in [9.17, 15) is 9.59 Å². The summed E-state index contributed by atoms with van der Waals surface area (Å²) in [6, 6.07) is 22.3. The zero-order valence-electron chi connectivity index (χ0n) is 14.6. The molecule has 1 amide bonds. The van der Waals surface area contributed by atoms with Crippen molar-refractivity contribution in [3.05, 3.63) is 83.9 Å². The minimum absolute atomic E-state index is 0.0227.